The van der Waals surface area contributed by atoms with Crippen molar-refractivity contribution in [1.82, 2.24) is 0 Å². The van der Waals surface area contributed by atoms with E-state index < -0.39 is 0 Å². The largest absolute Gasteiger partial charge is 0.458 e. The minimum Gasteiger partial charge on any atom is -0.458 e. The molecule has 0 amide bonds. The average Bonchev–Trinajstić information content (AvgIpc) is 2.48. The first-order valence-electron chi connectivity index (χ1n) is 9.09. The summed E-state index contributed by atoms with van der Waals surface area (Å²) in [5.74, 6) is 0.0266. The van der Waals surface area contributed by atoms with E-state index in [4.69, 9.17) is 4.74 Å². The second-order valence-corrected chi connectivity index (χ2v) is 8.30. The molecular formula is C19H34O2. The molecule has 0 heterocycles. The quantitative estimate of drug-likeness (QED) is 0.627. The lowest BCUT2D eigenvalue weighted by Crippen LogP contribution is -2.53. The van der Waals surface area contributed by atoms with Crippen LogP contribution in [-0.4, -0.2) is 11.6 Å². The molecule has 0 saturated heterocycles. The molecule has 2 aliphatic rings. The van der Waals surface area contributed by atoms with Crippen molar-refractivity contribution in [3.05, 3.63) is 0 Å². The zero-order chi connectivity index (χ0) is 15.6. The topological polar surface area (TPSA) is 26.3 Å². The summed E-state index contributed by atoms with van der Waals surface area (Å²) in [6.07, 6.45) is 13.1. The predicted octanol–water partition coefficient (Wildman–Crippen LogP) is 5.64. The van der Waals surface area contributed by atoms with Gasteiger partial charge in [-0.3, -0.25) is 4.79 Å². The molecule has 0 radical (unpaired) electrons. The molecule has 2 nitrogen and oxygen atoms in total. The van der Waals surface area contributed by atoms with E-state index in [0.29, 0.717) is 0 Å². The summed E-state index contributed by atoms with van der Waals surface area (Å²) < 4.78 is 6.34. The summed E-state index contributed by atoms with van der Waals surface area (Å²) in [4.78, 5) is 12.7. The van der Waals surface area contributed by atoms with Gasteiger partial charge in [0.05, 0.1) is 5.41 Å². The third kappa shape index (κ3) is 3.29. The van der Waals surface area contributed by atoms with Crippen LogP contribution < -0.4 is 0 Å². The number of hydrogen-bond acceptors (Lipinski definition) is 2. The maximum Gasteiger partial charge on any atom is 0.312 e. The lowest BCUT2D eigenvalue weighted by molar-refractivity contribution is -0.197. The van der Waals surface area contributed by atoms with E-state index in [-0.39, 0.29) is 22.4 Å². The molecule has 0 N–H and O–H groups in total. The van der Waals surface area contributed by atoms with Crippen molar-refractivity contribution in [2.45, 2.75) is 104 Å². The van der Waals surface area contributed by atoms with Crippen molar-refractivity contribution in [3.8, 4) is 0 Å². The van der Waals surface area contributed by atoms with Crippen molar-refractivity contribution in [3.63, 3.8) is 0 Å². The first-order valence-corrected chi connectivity index (χ1v) is 9.09. The standard InChI is InChI=1S/C19H34O2/c1-5-17(2,3)16(20)21-19(14-10-7-11-15-19)18(4)12-8-6-9-13-18/h5-15H2,1-4H3. The van der Waals surface area contributed by atoms with Gasteiger partial charge in [-0.05, 0) is 58.8 Å². The van der Waals surface area contributed by atoms with E-state index in [2.05, 4.69) is 13.8 Å². The fourth-order valence-corrected chi connectivity index (χ4v) is 4.20. The Bertz CT molecular complexity index is 358. The van der Waals surface area contributed by atoms with E-state index in [9.17, 15) is 4.79 Å². The van der Waals surface area contributed by atoms with E-state index in [1.807, 2.05) is 13.8 Å². The lowest BCUT2D eigenvalue weighted by atomic mass is 9.59. The molecule has 122 valence electrons. The van der Waals surface area contributed by atoms with Crippen LogP contribution in [0.4, 0.5) is 0 Å². The van der Waals surface area contributed by atoms with E-state index in [0.717, 1.165) is 19.3 Å². The Morgan fingerprint density at radius 3 is 1.90 bits per heavy atom. The summed E-state index contributed by atoms with van der Waals surface area (Å²) in [7, 11) is 0. The Balaban J connectivity index is 2.23. The average molecular weight is 294 g/mol. The molecule has 0 aromatic heterocycles. The molecule has 0 aliphatic heterocycles. The number of hydrogen-bond donors (Lipinski definition) is 0. The van der Waals surface area contributed by atoms with Crippen LogP contribution in [0.3, 0.4) is 0 Å². The fraction of sp³-hybridized carbons (Fsp3) is 0.947. The Kier molecular flexibility index (Phi) is 5.05. The van der Waals surface area contributed by atoms with Crippen LogP contribution in [0.1, 0.15) is 98.3 Å². The fourth-order valence-electron chi connectivity index (χ4n) is 4.20. The molecule has 2 saturated carbocycles. The van der Waals surface area contributed by atoms with E-state index in [1.165, 1.54) is 51.4 Å². The molecule has 21 heavy (non-hydrogen) atoms. The first-order chi connectivity index (χ1) is 9.85. The molecule has 0 atom stereocenters. The highest BCUT2D eigenvalue weighted by Gasteiger charge is 2.52. The zero-order valence-corrected chi connectivity index (χ0v) is 14.6. The minimum absolute atomic E-state index is 0.0266. The van der Waals surface area contributed by atoms with Gasteiger partial charge < -0.3 is 4.74 Å². The van der Waals surface area contributed by atoms with Gasteiger partial charge in [0.2, 0.25) is 0 Å². The first kappa shape index (κ1) is 16.8. The van der Waals surface area contributed by atoms with Crippen LogP contribution in [0.25, 0.3) is 0 Å². The van der Waals surface area contributed by atoms with Gasteiger partial charge in [0.15, 0.2) is 0 Å². The van der Waals surface area contributed by atoms with Crippen LogP contribution in [0.5, 0.6) is 0 Å². The second-order valence-electron chi connectivity index (χ2n) is 8.30. The highest BCUT2D eigenvalue weighted by atomic mass is 16.6. The van der Waals surface area contributed by atoms with Crippen molar-refractivity contribution in [1.29, 1.82) is 0 Å². The summed E-state index contributed by atoms with van der Waals surface area (Å²) in [6.45, 7) is 8.52. The van der Waals surface area contributed by atoms with Crippen molar-refractivity contribution >= 4 is 5.97 Å². The molecule has 2 aliphatic carbocycles. The maximum absolute atomic E-state index is 12.7. The molecule has 0 spiro atoms. The van der Waals surface area contributed by atoms with Gasteiger partial charge in [0, 0.05) is 5.41 Å². The summed E-state index contributed by atoms with van der Waals surface area (Å²) in [5, 5.41) is 0. The third-order valence-corrected chi connectivity index (χ3v) is 6.44. The van der Waals surface area contributed by atoms with Gasteiger partial charge in [-0.1, -0.05) is 39.5 Å². The third-order valence-electron chi connectivity index (χ3n) is 6.44. The second kappa shape index (κ2) is 6.30. The number of esters is 1. The normalized spacial score (nSPS) is 25.3. The van der Waals surface area contributed by atoms with E-state index >= 15 is 0 Å². The van der Waals surface area contributed by atoms with Gasteiger partial charge in [-0.25, -0.2) is 0 Å². The highest BCUT2D eigenvalue weighted by Crippen LogP contribution is 2.53. The molecule has 0 bridgehead atoms. The van der Waals surface area contributed by atoms with Gasteiger partial charge in [0.1, 0.15) is 5.60 Å². The Morgan fingerprint density at radius 1 is 0.952 bits per heavy atom. The molecule has 0 aromatic carbocycles. The molecule has 0 unspecified atom stereocenters. The van der Waals surface area contributed by atoms with Crippen molar-refractivity contribution in [2.75, 3.05) is 0 Å². The lowest BCUT2D eigenvalue weighted by Gasteiger charge is -2.52. The van der Waals surface area contributed by atoms with Gasteiger partial charge >= 0.3 is 5.97 Å². The number of carbonyl (C=O) groups is 1. The number of rotatable bonds is 4. The van der Waals surface area contributed by atoms with Gasteiger partial charge in [-0.2, -0.15) is 0 Å². The number of ether oxygens (including phenoxy) is 1. The minimum atomic E-state index is -0.352. The van der Waals surface area contributed by atoms with E-state index in [1.54, 1.807) is 0 Å². The molecular weight excluding hydrogens is 260 g/mol. The molecule has 0 aromatic rings. The molecule has 2 rings (SSSR count). The number of carbonyl (C=O) groups excluding carboxylic acids is 1. The van der Waals surface area contributed by atoms with Crippen molar-refractivity contribution in [2.24, 2.45) is 10.8 Å². The van der Waals surface area contributed by atoms with Gasteiger partial charge in [0.25, 0.3) is 0 Å². The van der Waals surface area contributed by atoms with Crippen LogP contribution in [0, 0.1) is 10.8 Å². The Labute approximate surface area is 131 Å². The van der Waals surface area contributed by atoms with Crippen LogP contribution in [0.2, 0.25) is 0 Å². The van der Waals surface area contributed by atoms with Crippen LogP contribution in [0.15, 0.2) is 0 Å². The SMILES string of the molecule is CCC(C)(C)C(=O)OC1(C2(C)CCCCC2)CCCCC1. The summed E-state index contributed by atoms with van der Waals surface area (Å²) in [6, 6.07) is 0. The zero-order valence-electron chi connectivity index (χ0n) is 14.6. The van der Waals surface area contributed by atoms with Crippen LogP contribution in [-0.2, 0) is 9.53 Å². The summed E-state index contributed by atoms with van der Waals surface area (Å²) in [5.41, 5.74) is -0.337. The molecule has 2 heteroatoms. The monoisotopic (exact) mass is 294 g/mol. The molecule has 2 fully saturated rings. The Morgan fingerprint density at radius 2 is 1.43 bits per heavy atom. The highest BCUT2D eigenvalue weighted by molar-refractivity contribution is 5.76. The predicted molar refractivity (Wildman–Crippen MR) is 87.2 cm³/mol. The summed E-state index contributed by atoms with van der Waals surface area (Å²) >= 11 is 0. The Hall–Kier alpha value is -0.530. The van der Waals surface area contributed by atoms with Crippen molar-refractivity contribution < 1.29 is 9.53 Å². The van der Waals surface area contributed by atoms with Gasteiger partial charge in [-0.15, -0.1) is 0 Å². The van der Waals surface area contributed by atoms with Crippen LogP contribution >= 0.6 is 0 Å². The maximum atomic E-state index is 12.7. The smallest absolute Gasteiger partial charge is 0.312 e.